The van der Waals surface area contributed by atoms with Gasteiger partial charge in [-0.05, 0) is 49.2 Å². The number of thiazole rings is 1. The van der Waals surface area contributed by atoms with Crippen LogP contribution in [0.2, 0.25) is 0 Å². The molecule has 1 amide bonds. The molecule has 0 spiro atoms. The summed E-state index contributed by atoms with van der Waals surface area (Å²) in [5, 5.41) is 20.4. The van der Waals surface area contributed by atoms with Crippen LogP contribution in [-0.2, 0) is 0 Å². The Bertz CT molecular complexity index is 1330. The molecule has 0 bridgehead atoms. The first-order chi connectivity index (χ1) is 15.5. The summed E-state index contributed by atoms with van der Waals surface area (Å²) in [6.45, 7) is 1.52. The summed E-state index contributed by atoms with van der Waals surface area (Å²) in [6, 6.07) is 10.5. The quantitative estimate of drug-likeness (QED) is 0.356. The van der Waals surface area contributed by atoms with Gasteiger partial charge >= 0.3 is 0 Å². The van der Waals surface area contributed by atoms with Crippen molar-refractivity contribution in [3.63, 3.8) is 0 Å². The van der Waals surface area contributed by atoms with E-state index < -0.39 is 10.8 Å². The summed E-state index contributed by atoms with van der Waals surface area (Å²) in [6.07, 6.45) is 1.98. The molecule has 5 rings (SSSR count). The molecule has 9 nitrogen and oxygen atoms in total. The molecule has 3 heterocycles. The zero-order valence-corrected chi connectivity index (χ0v) is 17.5. The maximum absolute atomic E-state index is 13.2. The number of aromatic nitrogens is 3. The molecule has 0 unspecified atom stereocenters. The predicted molar refractivity (Wildman–Crippen MR) is 119 cm³/mol. The van der Waals surface area contributed by atoms with E-state index in [1.807, 2.05) is 10.3 Å². The second kappa shape index (κ2) is 8.00. The first-order valence-corrected chi connectivity index (χ1v) is 10.8. The maximum atomic E-state index is 13.2. The molecule has 0 aliphatic carbocycles. The molecule has 32 heavy (non-hydrogen) atoms. The zero-order valence-electron chi connectivity index (χ0n) is 16.7. The molecule has 1 aliphatic rings. The molecule has 0 radical (unpaired) electrons. The Morgan fingerprint density at radius 3 is 2.62 bits per heavy atom. The van der Waals surface area contributed by atoms with Crippen LogP contribution in [0.15, 0.2) is 47.8 Å². The number of hydrogen-bond acceptors (Lipinski definition) is 7. The number of amides is 1. The van der Waals surface area contributed by atoms with Crippen LogP contribution in [0.25, 0.3) is 16.2 Å². The van der Waals surface area contributed by atoms with Crippen molar-refractivity contribution in [2.24, 2.45) is 0 Å². The van der Waals surface area contributed by atoms with Gasteiger partial charge < -0.3 is 4.90 Å². The van der Waals surface area contributed by atoms with E-state index in [2.05, 4.69) is 15.4 Å². The fourth-order valence-electron chi connectivity index (χ4n) is 3.76. The highest BCUT2D eigenvalue weighted by Gasteiger charge is 2.24. The molecule has 2 aromatic carbocycles. The third-order valence-corrected chi connectivity index (χ3v) is 6.14. The zero-order chi connectivity index (χ0) is 22.2. The topological polar surface area (TPSA) is 106 Å². The molecule has 11 heteroatoms. The van der Waals surface area contributed by atoms with Crippen LogP contribution in [-0.4, -0.2) is 38.5 Å². The number of benzene rings is 2. The smallest absolute Gasteiger partial charge is 0.293 e. The molecule has 0 atom stereocenters. The second-order valence-electron chi connectivity index (χ2n) is 7.37. The average Bonchev–Trinajstić information content (AvgIpc) is 3.52. The van der Waals surface area contributed by atoms with Gasteiger partial charge in [-0.2, -0.15) is 4.98 Å². The number of nitrogens with zero attached hydrogens (tertiary/aromatic N) is 5. The highest BCUT2D eigenvalue weighted by molar-refractivity contribution is 7.15. The van der Waals surface area contributed by atoms with Gasteiger partial charge in [-0.3, -0.25) is 20.2 Å². The van der Waals surface area contributed by atoms with E-state index in [-0.39, 0.29) is 23.0 Å². The lowest BCUT2D eigenvalue weighted by Gasteiger charge is -2.17. The Morgan fingerprint density at radius 1 is 1.16 bits per heavy atom. The Labute approximate surface area is 185 Å². The first-order valence-electron chi connectivity index (χ1n) is 9.94. The number of fused-ring (bicyclic) bond motifs is 1. The van der Waals surface area contributed by atoms with Crippen molar-refractivity contribution < 1.29 is 14.1 Å². The van der Waals surface area contributed by atoms with Crippen molar-refractivity contribution in [3.8, 4) is 11.3 Å². The number of nitro benzene ring substituents is 1. The van der Waals surface area contributed by atoms with E-state index >= 15 is 0 Å². The average molecular weight is 452 g/mol. The number of anilines is 2. The van der Waals surface area contributed by atoms with Crippen LogP contribution in [0.4, 0.5) is 21.7 Å². The minimum atomic E-state index is -0.539. The van der Waals surface area contributed by atoms with E-state index in [1.165, 1.54) is 29.5 Å². The number of hydrogen-bond donors (Lipinski definition) is 1. The number of nitro groups is 1. The van der Waals surface area contributed by atoms with Gasteiger partial charge in [-0.15, -0.1) is 16.4 Å². The summed E-state index contributed by atoms with van der Waals surface area (Å²) in [4.78, 5) is 30.7. The van der Waals surface area contributed by atoms with Gasteiger partial charge in [-0.25, -0.2) is 8.91 Å². The van der Waals surface area contributed by atoms with Crippen molar-refractivity contribution in [2.75, 3.05) is 23.3 Å². The van der Waals surface area contributed by atoms with Crippen molar-refractivity contribution in [3.05, 3.63) is 69.3 Å². The Morgan fingerprint density at radius 2 is 1.91 bits per heavy atom. The number of carbonyl (C=O) groups is 1. The first kappa shape index (κ1) is 20.1. The van der Waals surface area contributed by atoms with Gasteiger partial charge in [0.25, 0.3) is 17.5 Å². The van der Waals surface area contributed by atoms with Gasteiger partial charge in [0.05, 0.1) is 10.6 Å². The molecule has 4 aromatic rings. The lowest BCUT2D eigenvalue weighted by molar-refractivity contribution is -0.384. The van der Waals surface area contributed by atoms with Gasteiger partial charge in [0.1, 0.15) is 11.5 Å². The molecule has 1 aliphatic heterocycles. The summed E-state index contributed by atoms with van der Waals surface area (Å²) < 4.78 is 14.8. The van der Waals surface area contributed by atoms with Gasteiger partial charge in [0.2, 0.25) is 4.96 Å². The van der Waals surface area contributed by atoms with Crippen LogP contribution in [0, 0.1) is 15.9 Å². The van der Waals surface area contributed by atoms with Crippen LogP contribution in [0.1, 0.15) is 23.2 Å². The lowest BCUT2D eigenvalue weighted by Crippen LogP contribution is -2.20. The van der Waals surface area contributed by atoms with E-state index in [4.69, 9.17) is 0 Å². The van der Waals surface area contributed by atoms with Crippen LogP contribution in [0.3, 0.4) is 0 Å². The molecular weight excluding hydrogens is 435 g/mol. The normalized spacial score (nSPS) is 13.6. The largest absolute Gasteiger partial charge is 0.366 e. The van der Waals surface area contributed by atoms with Crippen LogP contribution in [0.5, 0.6) is 0 Å². The maximum Gasteiger partial charge on any atom is 0.293 e. The SMILES string of the molecule is O=C(Nc1nc2scc(-c3ccc(F)cc3)n2n1)c1ccc(N2CCCC2)c([N+](=O)[O-])c1. The molecule has 2 aromatic heterocycles. The van der Waals surface area contributed by atoms with Gasteiger partial charge in [0, 0.05) is 35.7 Å². The molecule has 1 saturated heterocycles. The van der Waals surface area contributed by atoms with Crippen LogP contribution >= 0.6 is 11.3 Å². The Balaban J connectivity index is 1.40. The number of halogens is 1. The summed E-state index contributed by atoms with van der Waals surface area (Å²) in [5.41, 5.74) is 2.04. The second-order valence-corrected chi connectivity index (χ2v) is 8.20. The highest BCUT2D eigenvalue weighted by atomic mass is 32.1. The molecular formula is C21H17FN6O3S. The third kappa shape index (κ3) is 3.66. The number of rotatable bonds is 5. The minimum Gasteiger partial charge on any atom is -0.366 e. The van der Waals surface area contributed by atoms with Crippen molar-refractivity contribution in [1.29, 1.82) is 0 Å². The van der Waals surface area contributed by atoms with Gasteiger partial charge in [-0.1, -0.05) is 0 Å². The van der Waals surface area contributed by atoms with E-state index in [1.54, 1.807) is 28.8 Å². The number of nitrogens with one attached hydrogen (secondary N) is 1. The Kier molecular flexibility index (Phi) is 5.02. The summed E-state index contributed by atoms with van der Waals surface area (Å²) in [7, 11) is 0. The minimum absolute atomic E-state index is 0.0801. The molecule has 0 saturated carbocycles. The van der Waals surface area contributed by atoms with Gasteiger partial charge in [0.15, 0.2) is 0 Å². The predicted octanol–water partition coefficient (Wildman–Crippen LogP) is 4.36. The fourth-order valence-corrected chi connectivity index (χ4v) is 4.59. The lowest BCUT2D eigenvalue weighted by atomic mass is 10.1. The van der Waals surface area contributed by atoms with Crippen molar-refractivity contribution >= 4 is 39.5 Å². The molecule has 162 valence electrons. The van der Waals surface area contributed by atoms with E-state index in [9.17, 15) is 19.3 Å². The summed E-state index contributed by atoms with van der Waals surface area (Å²) >= 11 is 1.33. The third-order valence-electron chi connectivity index (χ3n) is 5.33. The standard InChI is InChI=1S/C21H17FN6O3S/c22-15-6-3-13(4-7-15)18-12-32-21-24-20(25-27(18)21)23-19(29)14-5-8-16(17(11-14)28(30)31)26-9-1-2-10-26/h3-8,11-12H,1-2,9-10H2,(H,23,25,29). The van der Waals surface area contributed by atoms with Crippen LogP contribution < -0.4 is 10.2 Å². The van der Waals surface area contributed by atoms with E-state index in [0.29, 0.717) is 16.3 Å². The fraction of sp³-hybridized carbons (Fsp3) is 0.190. The monoisotopic (exact) mass is 452 g/mol. The molecule has 1 fully saturated rings. The van der Waals surface area contributed by atoms with E-state index in [0.717, 1.165) is 31.5 Å². The summed E-state index contributed by atoms with van der Waals surface area (Å²) in [5.74, 6) is -0.796. The van der Waals surface area contributed by atoms with Crippen molar-refractivity contribution in [1.82, 2.24) is 14.6 Å². The number of carbonyl (C=O) groups excluding carboxylic acids is 1. The highest BCUT2D eigenvalue weighted by Crippen LogP contribution is 2.32. The molecule has 1 N–H and O–H groups in total. The van der Waals surface area contributed by atoms with Crippen molar-refractivity contribution in [2.45, 2.75) is 12.8 Å². The Hall–Kier alpha value is -3.86.